The number of carboxylic acid groups (broad SMARTS) is 1. The molecule has 1 aliphatic heterocycles. The Hall–Kier alpha value is -1.86. The number of nitro benzene ring substituents is 1. The van der Waals surface area contributed by atoms with E-state index in [1.54, 1.807) is 17.0 Å². The van der Waals surface area contributed by atoms with Crippen LogP contribution < -0.4 is 4.90 Å². The van der Waals surface area contributed by atoms with Crippen molar-refractivity contribution in [1.29, 1.82) is 0 Å². The van der Waals surface area contributed by atoms with Gasteiger partial charge in [0, 0.05) is 24.2 Å². The van der Waals surface area contributed by atoms with E-state index in [0.29, 0.717) is 25.4 Å². The van der Waals surface area contributed by atoms with Crippen molar-refractivity contribution in [3.63, 3.8) is 0 Å². The number of carbonyl (C=O) groups is 1. The molecular formula is C12H13ClN2O5. The van der Waals surface area contributed by atoms with Gasteiger partial charge in [-0.1, -0.05) is 11.6 Å². The second kappa shape index (κ2) is 6.06. The van der Waals surface area contributed by atoms with Gasteiger partial charge in [-0.15, -0.1) is 0 Å². The molecule has 1 aromatic carbocycles. The number of benzene rings is 1. The van der Waals surface area contributed by atoms with E-state index in [-0.39, 0.29) is 17.1 Å². The normalized spacial score (nSPS) is 18.9. The monoisotopic (exact) mass is 300 g/mol. The summed E-state index contributed by atoms with van der Waals surface area (Å²) in [6.45, 7) is 1.10. The standard InChI is InChI=1S/C12H13ClN2O5/c13-8-1-2-10(11(5-8)15(18)19)14-3-4-20-9(7-14)6-12(16)17/h1-2,5,9H,3-4,6-7H2,(H,16,17). The number of nitrogens with zero attached hydrogens (tertiary/aromatic N) is 2. The van der Waals surface area contributed by atoms with Gasteiger partial charge in [-0.3, -0.25) is 14.9 Å². The largest absolute Gasteiger partial charge is 0.481 e. The Morgan fingerprint density at radius 2 is 2.35 bits per heavy atom. The molecular weight excluding hydrogens is 288 g/mol. The first kappa shape index (κ1) is 14.5. The lowest BCUT2D eigenvalue weighted by Crippen LogP contribution is -2.43. The van der Waals surface area contributed by atoms with Crippen molar-refractivity contribution < 1.29 is 19.6 Å². The van der Waals surface area contributed by atoms with Crippen molar-refractivity contribution in [3.05, 3.63) is 33.3 Å². The Kier molecular flexibility index (Phi) is 4.41. The van der Waals surface area contributed by atoms with Crippen LogP contribution in [-0.2, 0) is 9.53 Å². The van der Waals surface area contributed by atoms with Crippen LogP contribution >= 0.6 is 11.6 Å². The fraction of sp³-hybridized carbons (Fsp3) is 0.417. The van der Waals surface area contributed by atoms with Gasteiger partial charge in [0.2, 0.25) is 0 Å². The lowest BCUT2D eigenvalue weighted by molar-refractivity contribution is -0.384. The highest BCUT2D eigenvalue weighted by Crippen LogP contribution is 2.32. The maximum atomic E-state index is 11.1. The topological polar surface area (TPSA) is 92.9 Å². The molecule has 1 fully saturated rings. The van der Waals surface area contributed by atoms with Gasteiger partial charge >= 0.3 is 5.97 Å². The Balaban J connectivity index is 2.22. The zero-order valence-corrected chi connectivity index (χ0v) is 11.2. The molecule has 2 rings (SSSR count). The molecule has 1 atom stereocenters. The number of hydrogen-bond donors (Lipinski definition) is 1. The summed E-state index contributed by atoms with van der Waals surface area (Å²) in [4.78, 5) is 23.0. The van der Waals surface area contributed by atoms with E-state index in [4.69, 9.17) is 21.4 Å². The molecule has 0 spiro atoms. The van der Waals surface area contributed by atoms with Gasteiger partial charge in [-0.25, -0.2) is 0 Å². The number of morpholine rings is 1. The third-order valence-corrected chi connectivity index (χ3v) is 3.25. The highest BCUT2D eigenvalue weighted by Gasteiger charge is 2.27. The van der Waals surface area contributed by atoms with E-state index in [9.17, 15) is 14.9 Å². The molecule has 0 radical (unpaired) electrons. The van der Waals surface area contributed by atoms with E-state index < -0.39 is 17.0 Å². The minimum absolute atomic E-state index is 0.0894. The van der Waals surface area contributed by atoms with E-state index in [1.165, 1.54) is 6.07 Å². The smallest absolute Gasteiger partial charge is 0.306 e. The van der Waals surface area contributed by atoms with E-state index in [0.717, 1.165) is 0 Å². The maximum absolute atomic E-state index is 11.1. The molecule has 7 nitrogen and oxygen atoms in total. The maximum Gasteiger partial charge on any atom is 0.306 e. The number of aliphatic carboxylic acids is 1. The van der Waals surface area contributed by atoms with Gasteiger partial charge in [0.1, 0.15) is 5.69 Å². The molecule has 1 unspecified atom stereocenters. The minimum atomic E-state index is -0.956. The number of ether oxygens (including phenoxy) is 1. The Morgan fingerprint density at radius 3 is 3.00 bits per heavy atom. The predicted molar refractivity (Wildman–Crippen MR) is 72.3 cm³/mol. The number of rotatable bonds is 4. The van der Waals surface area contributed by atoms with Gasteiger partial charge < -0.3 is 14.7 Å². The molecule has 1 heterocycles. The minimum Gasteiger partial charge on any atom is -0.481 e. The summed E-state index contributed by atoms with van der Waals surface area (Å²) >= 11 is 5.77. The first-order valence-electron chi connectivity index (χ1n) is 5.99. The molecule has 0 aromatic heterocycles. The van der Waals surface area contributed by atoms with Crippen molar-refractivity contribution in [2.75, 3.05) is 24.6 Å². The summed E-state index contributed by atoms with van der Waals surface area (Å²) in [5.41, 5.74) is 0.339. The molecule has 108 valence electrons. The van der Waals surface area contributed by atoms with Crippen molar-refractivity contribution in [2.24, 2.45) is 0 Å². The summed E-state index contributed by atoms with van der Waals surface area (Å²) in [6, 6.07) is 4.44. The quantitative estimate of drug-likeness (QED) is 0.674. The van der Waals surface area contributed by atoms with Crippen LogP contribution in [0.2, 0.25) is 5.02 Å². The van der Waals surface area contributed by atoms with Crippen LogP contribution in [0.1, 0.15) is 6.42 Å². The summed E-state index contributed by atoms with van der Waals surface area (Å²) in [7, 11) is 0. The second-order valence-corrected chi connectivity index (χ2v) is 4.86. The molecule has 1 aromatic rings. The molecule has 0 saturated carbocycles. The summed E-state index contributed by atoms with van der Waals surface area (Å²) < 4.78 is 5.35. The number of halogens is 1. The van der Waals surface area contributed by atoms with Crippen LogP contribution in [0, 0.1) is 10.1 Å². The first-order chi connectivity index (χ1) is 9.47. The van der Waals surface area contributed by atoms with Gasteiger partial charge in [-0.2, -0.15) is 0 Å². The highest BCUT2D eigenvalue weighted by molar-refractivity contribution is 6.30. The van der Waals surface area contributed by atoms with Crippen molar-refractivity contribution in [3.8, 4) is 0 Å². The second-order valence-electron chi connectivity index (χ2n) is 4.43. The summed E-state index contributed by atoms with van der Waals surface area (Å²) in [5, 5.41) is 20.1. The van der Waals surface area contributed by atoms with Gasteiger partial charge in [0.05, 0.1) is 24.1 Å². The summed E-state index contributed by atoms with van der Waals surface area (Å²) in [5.74, 6) is -0.956. The molecule has 20 heavy (non-hydrogen) atoms. The van der Waals surface area contributed by atoms with Crippen molar-refractivity contribution >= 4 is 28.9 Å². The predicted octanol–water partition coefficient (Wildman–Crippen LogP) is 1.93. The molecule has 8 heteroatoms. The molecule has 1 aliphatic rings. The molecule has 0 aliphatic carbocycles. The lowest BCUT2D eigenvalue weighted by Gasteiger charge is -2.33. The highest BCUT2D eigenvalue weighted by atomic mass is 35.5. The number of carboxylic acids is 1. The van der Waals surface area contributed by atoms with Crippen molar-refractivity contribution in [2.45, 2.75) is 12.5 Å². The van der Waals surface area contributed by atoms with Gasteiger partial charge in [0.25, 0.3) is 5.69 Å². The van der Waals surface area contributed by atoms with Gasteiger partial charge in [0.15, 0.2) is 0 Å². The van der Waals surface area contributed by atoms with Crippen LogP contribution in [0.15, 0.2) is 18.2 Å². The number of nitro groups is 1. The number of anilines is 1. The molecule has 0 bridgehead atoms. The van der Waals surface area contributed by atoms with E-state index in [2.05, 4.69) is 0 Å². The van der Waals surface area contributed by atoms with E-state index in [1.807, 2.05) is 0 Å². The average Bonchev–Trinajstić information content (AvgIpc) is 2.38. The van der Waals surface area contributed by atoms with Crippen LogP contribution in [0.3, 0.4) is 0 Å². The zero-order valence-electron chi connectivity index (χ0n) is 10.5. The van der Waals surface area contributed by atoms with Crippen LogP contribution in [0.25, 0.3) is 0 Å². The lowest BCUT2D eigenvalue weighted by atomic mass is 10.1. The van der Waals surface area contributed by atoms with E-state index >= 15 is 0 Å². The Bertz CT molecular complexity index is 537. The fourth-order valence-corrected chi connectivity index (χ4v) is 2.33. The SMILES string of the molecule is O=C(O)CC1CN(c2ccc(Cl)cc2[N+](=O)[O-])CCO1. The third kappa shape index (κ3) is 3.37. The van der Waals surface area contributed by atoms with Gasteiger partial charge in [-0.05, 0) is 12.1 Å². The third-order valence-electron chi connectivity index (χ3n) is 3.02. The first-order valence-corrected chi connectivity index (χ1v) is 6.37. The molecule has 1 saturated heterocycles. The summed E-state index contributed by atoms with van der Waals surface area (Å²) in [6.07, 6.45) is -0.603. The fourth-order valence-electron chi connectivity index (χ4n) is 2.17. The van der Waals surface area contributed by atoms with Crippen LogP contribution in [0.4, 0.5) is 11.4 Å². The van der Waals surface area contributed by atoms with Crippen LogP contribution in [-0.4, -0.2) is 41.8 Å². The van der Waals surface area contributed by atoms with Crippen LogP contribution in [0.5, 0.6) is 0 Å². The Morgan fingerprint density at radius 1 is 1.60 bits per heavy atom. The average molecular weight is 301 g/mol. The number of hydrogen-bond acceptors (Lipinski definition) is 5. The molecule has 1 N–H and O–H groups in total. The zero-order chi connectivity index (χ0) is 14.7. The van der Waals surface area contributed by atoms with Crippen molar-refractivity contribution in [1.82, 2.24) is 0 Å². The Labute approximate surface area is 119 Å². The molecule has 0 amide bonds.